The molecule has 0 spiro atoms. The van der Waals surface area contributed by atoms with Gasteiger partial charge in [0.1, 0.15) is 0 Å². The van der Waals surface area contributed by atoms with Gasteiger partial charge in [0.05, 0.1) is 11.2 Å². The standard InChI is InChI=1S/C7H5ClF3NO/c1-4-2-5(8)6(3-12-4)13-7(9,10)11/h2-3H,1H3. The lowest BCUT2D eigenvalue weighted by molar-refractivity contribution is -0.274. The number of rotatable bonds is 1. The van der Waals surface area contributed by atoms with E-state index in [1.54, 1.807) is 6.92 Å². The average molecular weight is 212 g/mol. The first-order valence-corrected chi connectivity index (χ1v) is 3.64. The molecule has 0 atom stereocenters. The molecule has 6 heteroatoms. The Bertz CT molecular complexity index is 313. The Hall–Kier alpha value is -0.970. The van der Waals surface area contributed by atoms with Gasteiger partial charge in [0, 0.05) is 5.69 Å². The van der Waals surface area contributed by atoms with Crippen molar-refractivity contribution in [3.63, 3.8) is 0 Å². The van der Waals surface area contributed by atoms with E-state index >= 15 is 0 Å². The first-order chi connectivity index (χ1) is 5.88. The second kappa shape index (κ2) is 3.41. The van der Waals surface area contributed by atoms with Crippen LogP contribution in [0.25, 0.3) is 0 Å². The highest BCUT2D eigenvalue weighted by Crippen LogP contribution is 2.29. The average Bonchev–Trinajstić information content (AvgIpc) is 1.93. The molecule has 0 bridgehead atoms. The molecule has 72 valence electrons. The molecule has 0 fully saturated rings. The van der Waals surface area contributed by atoms with Crippen molar-refractivity contribution < 1.29 is 17.9 Å². The van der Waals surface area contributed by atoms with Crippen molar-refractivity contribution in [3.8, 4) is 5.75 Å². The SMILES string of the molecule is Cc1cc(Cl)c(OC(F)(F)F)cn1. The van der Waals surface area contributed by atoms with Crippen LogP contribution in [0, 0.1) is 6.92 Å². The number of nitrogens with zero attached hydrogens (tertiary/aromatic N) is 1. The number of ether oxygens (including phenoxy) is 1. The van der Waals surface area contributed by atoms with Gasteiger partial charge >= 0.3 is 6.36 Å². The molecule has 1 rings (SSSR count). The van der Waals surface area contributed by atoms with Crippen molar-refractivity contribution in [2.45, 2.75) is 13.3 Å². The number of aryl methyl sites for hydroxylation is 1. The van der Waals surface area contributed by atoms with Crippen LogP contribution in [0.2, 0.25) is 5.02 Å². The second-order valence-corrected chi connectivity index (χ2v) is 2.71. The molecule has 2 nitrogen and oxygen atoms in total. The Labute approximate surface area is 77.3 Å². The van der Waals surface area contributed by atoms with Crippen LogP contribution in [-0.4, -0.2) is 11.3 Å². The molecule has 13 heavy (non-hydrogen) atoms. The Morgan fingerprint density at radius 1 is 1.46 bits per heavy atom. The van der Waals surface area contributed by atoms with Crippen LogP contribution < -0.4 is 4.74 Å². The van der Waals surface area contributed by atoms with Crippen molar-refractivity contribution in [1.29, 1.82) is 0 Å². The lowest BCUT2D eigenvalue weighted by Crippen LogP contribution is -2.17. The summed E-state index contributed by atoms with van der Waals surface area (Å²) in [6, 6.07) is 1.29. The van der Waals surface area contributed by atoms with Crippen LogP contribution in [0.5, 0.6) is 5.75 Å². The molecule has 1 aromatic rings. The van der Waals surface area contributed by atoms with Crippen LogP contribution in [0.4, 0.5) is 13.2 Å². The maximum absolute atomic E-state index is 11.7. The molecule has 0 saturated carbocycles. The van der Waals surface area contributed by atoms with E-state index < -0.39 is 12.1 Å². The Morgan fingerprint density at radius 3 is 2.54 bits per heavy atom. The van der Waals surface area contributed by atoms with Gasteiger partial charge in [0.15, 0.2) is 5.75 Å². The van der Waals surface area contributed by atoms with Gasteiger partial charge < -0.3 is 4.74 Å². The fraction of sp³-hybridized carbons (Fsp3) is 0.286. The van der Waals surface area contributed by atoms with E-state index in [4.69, 9.17) is 11.6 Å². The van der Waals surface area contributed by atoms with Crippen LogP contribution in [0.15, 0.2) is 12.3 Å². The molecule has 1 aromatic heterocycles. The van der Waals surface area contributed by atoms with E-state index in [1.807, 2.05) is 0 Å². The monoisotopic (exact) mass is 211 g/mol. The molecule has 0 N–H and O–H groups in total. The fourth-order valence-electron chi connectivity index (χ4n) is 0.714. The number of aromatic nitrogens is 1. The summed E-state index contributed by atoms with van der Waals surface area (Å²) in [4.78, 5) is 3.61. The maximum Gasteiger partial charge on any atom is 0.573 e. The topological polar surface area (TPSA) is 22.1 Å². The van der Waals surface area contributed by atoms with Gasteiger partial charge in [-0.3, -0.25) is 4.98 Å². The van der Waals surface area contributed by atoms with Gasteiger partial charge in [-0.25, -0.2) is 0 Å². The number of alkyl halides is 3. The minimum Gasteiger partial charge on any atom is -0.403 e. The van der Waals surface area contributed by atoms with Crippen LogP contribution in [0.1, 0.15) is 5.69 Å². The first-order valence-electron chi connectivity index (χ1n) is 3.26. The summed E-state index contributed by atoms with van der Waals surface area (Å²) in [5.41, 5.74) is 0.527. The molecular formula is C7H5ClF3NO. The number of halogens is 4. The van der Waals surface area contributed by atoms with Gasteiger partial charge in [0.2, 0.25) is 0 Å². The molecule has 0 aliphatic carbocycles. The molecule has 0 saturated heterocycles. The van der Waals surface area contributed by atoms with E-state index in [-0.39, 0.29) is 5.02 Å². The predicted molar refractivity (Wildman–Crippen MR) is 40.7 cm³/mol. The highest BCUT2D eigenvalue weighted by molar-refractivity contribution is 6.32. The molecule has 0 amide bonds. The van der Waals surface area contributed by atoms with Crippen molar-refractivity contribution >= 4 is 11.6 Å². The van der Waals surface area contributed by atoms with Crippen molar-refractivity contribution in [3.05, 3.63) is 23.0 Å². The van der Waals surface area contributed by atoms with E-state index in [1.165, 1.54) is 6.07 Å². The van der Waals surface area contributed by atoms with Crippen molar-refractivity contribution in [2.24, 2.45) is 0 Å². The van der Waals surface area contributed by atoms with Crippen LogP contribution >= 0.6 is 11.6 Å². The lowest BCUT2D eigenvalue weighted by Gasteiger charge is -2.09. The Balaban J connectivity index is 2.90. The summed E-state index contributed by atoms with van der Waals surface area (Å²) < 4.78 is 38.7. The summed E-state index contributed by atoms with van der Waals surface area (Å²) in [6.45, 7) is 1.61. The number of pyridine rings is 1. The predicted octanol–water partition coefficient (Wildman–Crippen LogP) is 2.94. The summed E-state index contributed by atoms with van der Waals surface area (Å²) >= 11 is 5.47. The number of hydrogen-bond acceptors (Lipinski definition) is 2. The van der Waals surface area contributed by atoms with E-state index in [0.717, 1.165) is 6.20 Å². The zero-order valence-corrected chi connectivity index (χ0v) is 7.28. The molecule has 0 radical (unpaired) electrons. The number of hydrogen-bond donors (Lipinski definition) is 0. The quantitative estimate of drug-likeness (QED) is 0.713. The van der Waals surface area contributed by atoms with Gasteiger partial charge in [-0.2, -0.15) is 0 Å². The normalized spacial score (nSPS) is 11.5. The molecule has 0 aliphatic rings. The molecule has 0 aromatic carbocycles. The van der Waals surface area contributed by atoms with Crippen LogP contribution in [-0.2, 0) is 0 Å². The second-order valence-electron chi connectivity index (χ2n) is 2.30. The first kappa shape index (κ1) is 10.1. The van der Waals surface area contributed by atoms with Crippen molar-refractivity contribution in [2.75, 3.05) is 0 Å². The highest BCUT2D eigenvalue weighted by atomic mass is 35.5. The minimum atomic E-state index is -4.74. The zero-order valence-electron chi connectivity index (χ0n) is 6.52. The molecule has 1 heterocycles. The fourth-order valence-corrected chi connectivity index (χ4v) is 0.959. The Morgan fingerprint density at radius 2 is 2.08 bits per heavy atom. The van der Waals surface area contributed by atoms with Gasteiger partial charge in [-0.1, -0.05) is 11.6 Å². The summed E-state index contributed by atoms with van der Waals surface area (Å²) in [5.74, 6) is -0.486. The molecule has 0 aliphatic heterocycles. The third-order valence-corrected chi connectivity index (χ3v) is 1.48. The van der Waals surface area contributed by atoms with Gasteiger partial charge in [0.25, 0.3) is 0 Å². The molecular weight excluding hydrogens is 207 g/mol. The summed E-state index contributed by atoms with van der Waals surface area (Å²) in [7, 11) is 0. The summed E-state index contributed by atoms with van der Waals surface area (Å²) in [5, 5.41) is -0.107. The summed E-state index contributed by atoms with van der Waals surface area (Å²) in [6.07, 6.45) is -3.80. The smallest absolute Gasteiger partial charge is 0.403 e. The maximum atomic E-state index is 11.7. The Kier molecular flexibility index (Phi) is 2.66. The van der Waals surface area contributed by atoms with E-state index in [0.29, 0.717) is 5.69 Å². The highest BCUT2D eigenvalue weighted by Gasteiger charge is 2.32. The zero-order chi connectivity index (χ0) is 10.1. The van der Waals surface area contributed by atoms with Gasteiger partial charge in [-0.15, -0.1) is 13.2 Å². The lowest BCUT2D eigenvalue weighted by atomic mass is 10.4. The third-order valence-electron chi connectivity index (χ3n) is 1.18. The van der Waals surface area contributed by atoms with Crippen LogP contribution in [0.3, 0.4) is 0 Å². The third kappa shape index (κ3) is 3.10. The van der Waals surface area contributed by atoms with Gasteiger partial charge in [-0.05, 0) is 13.0 Å². The van der Waals surface area contributed by atoms with E-state index in [9.17, 15) is 13.2 Å². The van der Waals surface area contributed by atoms with E-state index in [2.05, 4.69) is 9.72 Å². The largest absolute Gasteiger partial charge is 0.573 e. The molecule has 0 unspecified atom stereocenters. The minimum absolute atomic E-state index is 0.107. The van der Waals surface area contributed by atoms with Crippen molar-refractivity contribution in [1.82, 2.24) is 4.98 Å².